The van der Waals surface area contributed by atoms with Gasteiger partial charge in [0, 0.05) is 47.2 Å². The number of fused-ring (bicyclic) bond motifs is 1. The molecule has 1 aliphatic heterocycles. The standard InChI is InChI=1S/C23H32ClN3O4/c1-15-7-5-6-11-23(15)30-28-22(4,29-31-23)17(3)26-14-16(2)27-20-10-12-25-21-13-18(24)8-9-19(20)21/h8-10,12-13,15-17,26H,5-7,11,14H2,1-4H3,(H,25,27). The second kappa shape index (κ2) is 9.17. The fourth-order valence-electron chi connectivity index (χ4n) is 4.12. The van der Waals surface area contributed by atoms with Crippen LogP contribution < -0.4 is 10.6 Å². The van der Waals surface area contributed by atoms with E-state index in [0.717, 1.165) is 35.9 Å². The van der Waals surface area contributed by atoms with E-state index in [1.54, 1.807) is 6.20 Å². The molecule has 1 saturated carbocycles. The summed E-state index contributed by atoms with van der Waals surface area (Å²) in [6, 6.07) is 7.67. The van der Waals surface area contributed by atoms with Gasteiger partial charge in [0.05, 0.1) is 11.6 Å². The van der Waals surface area contributed by atoms with Gasteiger partial charge >= 0.3 is 0 Å². The minimum atomic E-state index is -1.04. The van der Waals surface area contributed by atoms with Gasteiger partial charge < -0.3 is 10.6 Å². The van der Waals surface area contributed by atoms with Crippen LogP contribution in [0.25, 0.3) is 10.9 Å². The quantitative estimate of drug-likeness (QED) is 0.587. The van der Waals surface area contributed by atoms with E-state index < -0.39 is 11.6 Å². The molecule has 3 unspecified atom stereocenters. The molecule has 2 aliphatic rings. The van der Waals surface area contributed by atoms with E-state index >= 15 is 0 Å². The van der Waals surface area contributed by atoms with Gasteiger partial charge in [0.25, 0.3) is 0 Å². The number of rotatable bonds is 6. The van der Waals surface area contributed by atoms with Gasteiger partial charge in [0.2, 0.25) is 11.6 Å². The third-order valence-corrected chi connectivity index (χ3v) is 6.72. The number of nitrogens with zero attached hydrogens (tertiary/aromatic N) is 1. The largest absolute Gasteiger partial charge is 0.381 e. The molecule has 7 nitrogen and oxygen atoms in total. The zero-order chi connectivity index (χ0) is 22.1. The Kier molecular flexibility index (Phi) is 6.72. The molecule has 31 heavy (non-hydrogen) atoms. The predicted octanol–water partition coefficient (Wildman–Crippen LogP) is 5.20. The number of benzene rings is 1. The third kappa shape index (κ3) is 4.82. The summed E-state index contributed by atoms with van der Waals surface area (Å²) in [4.78, 5) is 27.5. The van der Waals surface area contributed by atoms with Crippen LogP contribution in [0, 0.1) is 5.92 Å². The summed E-state index contributed by atoms with van der Waals surface area (Å²) in [5.74, 6) is -1.61. The topological polar surface area (TPSA) is 73.9 Å². The van der Waals surface area contributed by atoms with E-state index in [2.05, 4.69) is 29.5 Å². The van der Waals surface area contributed by atoms with E-state index in [9.17, 15) is 0 Å². The Balaban J connectivity index is 1.32. The fourth-order valence-corrected chi connectivity index (χ4v) is 4.28. The molecule has 1 aliphatic carbocycles. The molecule has 8 heteroatoms. The Morgan fingerprint density at radius 2 is 1.94 bits per heavy atom. The van der Waals surface area contributed by atoms with Crippen LogP contribution in [-0.4, -0.2) is 35.2 Å². The van der Waals surface area contributed by atoms with Crippen molar-refractivity contribution in [1.82, 2.24) is 10.3 Å². The summed E-state index contributed by atoms with van der Waals surface area (Å²) in [6.07, 6.45) is 5.82. The van der Waals surface area contributed by atoms with Crippen molar-refractivity contribution in [1.29, 1.82) is 0 Å². The van der Waals surface area contributed by atoms with Crippen molar-refractivity contribution < 1.29 is 19.6 Å². The third-order valence-electron chi connectivity index (χ3n) is 6.48. The molecule has 3 atom stereocenters. The smallest absolute Gasteiger partial charge is 0.246 e. The Morgan fingerprint density at radius 3 is 2.68 bits per heavy atom. The van der Waals surface area contributed by atoms with E-state index in [1.165, 1.54) is 6.42 Å². The Bertz CT molecular complexity index is 904. The molecule has 0 amide bonds. The van der Waals surface area contributed by atoms with Crippen LogP contribution in [-0.2, 0) is 19.6 Å². The van der Waals surface area contributed by atoms with Crippen LogP contribution in [0.15, 0.2) is 30.5 Å². The number of pyridine rings is 1. The maximum Gasteiger partial charge on any atom is 0.246 e. The number of nitrogens with one attached hydrogen (secondary N) is 2. The maximum atomic E-state index is 6.09. The van der Waals surface area contributed by atoms with Crippen LogP contribution in [0.3, 0.4) is 0 Å². The molecule has 4 rings (SSSR count). The summed E-state index contributed by atoms with van der Waals surface area (Å²) in [6.45, 7) is 8.72. The van der Waals surface area contributed by atoms with Gasteiger partial charge in [0.1, 0.15) is 0 Å². The van der Waals surface area contributed by atoms with Crippen molar-refractivity contribution in [2.75, 3.05) is 11.9 Å². The SMILES string of the molecule is CC(CNC(C)C1(C)OOC2(CCCCC2C)OO1)Nc1ccnc2cc(Cl)ccc12. The number of hydrogen-bond donors (Lipinski definition) is 2. The lowest BCUT2D eigenvalue weighted by Crippen LogP contribution is -2.60. The molecule has 2 fully saturated rings. The first-order valence-electron chi connectivity index (χ1n) is 11.1. The second-order valence-corrected chi connectivity index (χ2v) is 9.44. The first-order valence-corrected chi connectivity index (χ1v) is 11.5. The van der Waals surface area contributed by atoms with Gasteiger partial charge in [-0.1, -0.05) is 24.9 Å². The lowest BCUT2D eigenvalue weighted by molar-refractivity contribution is -0.665. The molecule has 2 N–H and O–H groups in total. The van der Waals surface area contributed by atoms with Crippen LogP contribution >= 0.6 is 11.6 Å². The van der Waals surface area contributed by atoms with E-state index in [1.807, 2.05) is 38.1 Å². The Hall–Kier alpha value is -1.48. The molecule has 170 valence electrons. The molecule has 1 aromatic carbocycles. The maximum absolute atomic E-state index is 6.09. The zero-order valence-corrected chi connectivity index (χ0v) is 19.4. The van der Waals surface area contributed by atoms with Gasteiger partial charge in [-0.25, -0.2) is 0 Å². The highest BCUT2D eigenvalue weighted by Crippen LogP contribution is 2.43. The summed E-state index contributed by atoms with van der Waals surface area (Å²) >= 11 is 6.09. The van der Waals surface area contributed by atoms with Crippen molar-refractivity contribution in [3.8, 4) is 0 Å². The first-order chi connectivity index (χ1) is 14.8. The highest BCUT2D eigenvalue weighted by molar-refractivity contribution is 6.31. The van der Waals surface area contributed by atoms with Gasteiger partial charge in [-0.2, -0.15) is 19.6 Å². The molecule has 2 aromatic rings. The van der Waals surface area contributed by atoms with Gasteiger partial charge in [-0.15, -0.1) is 0 Å². The highest BCUT2D eigenvalue weighted by atomic mass is 35.5. The van der Waals surface area contributed by atoms with Crippen molar-refractivity contribution >= 4 is 28.2 Å². The Labute approximate surface area is 188 Å². The van der Waals surface area contributed by atoms with Crippen molar-refractivity contribution in [3.63, 3.8) is 0 Å². The average molecular weight is 450 g/mol. The van der Waals surface area contributed by atoms with Crippen molar-refractivity contribution in [3.05, 3.63) is 35.5 Å². The predicted molar refractivity (Wildman–Crippen MR) is 120 cm³/mol. The van der Waals surface area contributed by atoms with Crippen molar-refractivity contribution in [2.24, 2.45) is 5.92 Å². The normalized spacial score (nSPS) is 30.9. The first kappa shape index (κ1) is 22.7. The lowest BCUT2D eigenvalue weighted by Gasteiger charge is -2.47. The average Bonchev–Trinajstić information content (AvgIpc) is 2.76. The molecule has 1 spiro atoms. The van der Waals surface area contributed by atoms with E-state index in [-0.39, 0.29) is 18.0 Å². The van der Waals surface area contributed by atoms with E-state index in [0.29, 0.717) is 11.6 Å². The molecule has 1 saturated heterocycles. The van der Waals surface area contributed by atoms with Crippen LogP contribution in [0.1, 0.15) is 53.4 Å². The summed E-state index contributed by atoms with van der Waals surface area (Å²) < 4.78 is 0. The van der Waals surface area contributed by atoms with Crippen LogP contribution in [0.2, 0.25) is 5.02 Å². The summed E-state index contributed by atoms with van der Waals surface area (Å²) in [5.41, 5.74) is 1.88. The highest BCUT2D eigenvalue weighted by Gasteiger charge is 2.52. The zero-order valence-electron chi connectivity index (χ0n) is 18.6. The molecule has 2 heterocycles. The summed E-state index contributed by atoms with van der Waals surface area (Å²) in [7, 11) is 0. The van der Waals surface area contributed by atoms with Crippen LogP contribution in [0.4, 0.5) is 5.69 Å². The minimum Gasteiger partial charge on any atom is -0.381 e. The molecular weight excluding hydrogens is 418 g/mol. The minimum absolute atomic E-state index is 0.141. The summed E-state index contributed by atoms with van der Waals surface area (Å²) in [5, 5.41) is 8.71. The molecule has 0 radical (unpaired) electrons. The van der Waals surface area contributed by atoms with Crippen LogP contribution in [0.5, 0.6) is 0 Å². The van der Waals surface area contributed by atoms with Crippen molar-refractivity contribution in [2.45, 2.75) is 77.0 Å². The molecular formula is C23H32ClN3O4. The fraction of sp³-hybridized carbons (Fsp3) is 0.609. The second-order valence-electron chi connectivity index (χ2n) is 9.00. The molecule has 1 aromatic heterocycles. The monoisotopic (exact) mass is 449 g/mol. The number of halogens is 1. The number of aromatic nitrogens is 1. The van der Waals surface area contributed by atoms with Gasteiger partial charge in [-0.3, -0.25) is 4.98 Å². The lowest BCUT2D eigenvalue weighted by atomic mass is 9.85. The number of hydrogen-bond acceptors (Lipinski definition) is 7. The number of anilines is 1. The molecule has 0 bridgehead atoms. The van der Waals surface area contributed by atoms with Gasteiger partial charge in [0.15, 0.2) is 0 Å². The van der Waals surface area contributed by atoms with Gasteiger partial charge in [-0.05, 0) is 57.9 Å². The van der Waals surface area contributed by atoms with E-state index in [4.69, 9.17) is 31.2 Å². The Morgan fingerprint density at radius 1 is 1.16 bits per heavy atom.